The predicted molar refractivity (Wildman–Crippen MR) is 109 cm³/mol. The Balaban J connectivity index is 1.38. The van der Waals surface area contributed by atoms with Gasteiger partial charge in [-0.25, -0.2) is 0 Å². The first kappa shape index (κ1) is 19.8. The van der Waals surface area contributed by atoms with E-state index in [1.54, 1.807) is 13.2 Å². The molecule has 6 heteroatoms. The molecule has 0 aliphatic heterocycles. The maximum Gasteiger partial charge on any atom is 0.254 e. The lowest BCUT2D eigenvalue weighted by Gasteiger charge is -2.55. The summed E-state index contributed by atoms with van der Waals surface area (Å²) >= 11 is 0. The molecular weight excluding hydrogens is 368 g/mol. The number of aromatic nitrogens is 1. The quantitative estimate of drug-likeness (QED) is 0.725. The molecule has 2 aliphatic rings. The first-order chi connectivity index (χ1) is 14.2. The van der Waals surface area contributed by atoms with Gasteiger partial charge in [0, 0.05) is 30.9 Å². The van der Waals surface area contributed by atoms with Crippen LogP contribution < -0.4 is 14.8 Å². The molecule has 1 heterocycles. The van der Waals surface area contributed by atoms with Crippen LogP contribution in [0.25, 0.3) is 0 Å². The first-order valence-electron chi connectivity index (χ1n) is 10.7. The van der Waals surface area contributed by atoms with Crippen molar-refractivity contribution in [2.24, 2.45) is 11.8 Å². The van der Waals surface area contributed by atoms with Crippen molar-refractivity contribution in [3.63, 3.8) is 0 Å². The molecule has 1 aromatic heterocycles. The van der Waals surface area contributed by atoms with Crippen molar-refractivity contribution in [2.45, 2.75) is 57.4 Å². The molecule has 4 atom stereocenters. The smallest absolute Gasteiger partial charge is 0.254 e. The lowest BCUT2D eigenvalue weighted by molar-refractivity contribution is -0.124. The molecule has 1 aromatic carbocycles. The molecule has 0 unspecified atom stereocenters. The average molecular weight is 399 g/mol. The maximum atomic E-state index is 12.7. The van der Waals surface area contributed by atoms with E-state index in [4.69, 9.17) is 14.0 Å². The van der Waals surface area contributed by atoms with Crippen molar-refractivity contribution < 1.29 is 18.8 Å². The minimum absolute atomic E-state index is 0.0758. The summed E-state index contributed by atoms with van der Waals surface area (Å²) in [5.41, 5.74) is 1.30. The highest BCUT2D eigenvalue weighted by molar-refractivity contribution is 5.76. The number of amides is 1. The standard InChI is InChI=1S/C23H30N2O4/c1-3-28-21-14-17(29-25-21)12-13-20(26)24-23-19-7-5-4-6-18(19)22(23)15-8-10-16(27-2)11-9-15/h8-11,14,18-19,22-23H,3-7,12-13H2,1-2H3,(H,24,26)/t18-,19+,22+,23+/m1/s1. The first-order valence-corrected chi connectivity index (χ1v) is 10.7. The third kappa shape index (κ3) is 4.26. The van der Waals surface area contributed by atoms with Gasteiger partial charge in [-0.3, -0.25) is 4.79 Å². The molecular formula is C23H30N2O4. The number of nitrogens with one attached hydrogen (secondary N) is 1. The third-order valence-corrected chi connectivity index (χ3v) is 6.44. The van der Waals surface area contributed by atoms with Crippen LogP contribution in [0.1, 0.15) is 56.3 Å². The molecule has 0 saturated heterocycles. The molecule has 2 fully saturated rings. The van der Waals surface area contributed by atoms with Crippen LogP contribution in [0.3, 0.4) is 0 Å². The minimum atomic E-state index is 0.0758. The van der Waals surface area contributed by atoms with Crippen LogP contribution in [-0.2, 0) is 11.2 Å². The van der Waals surface area contributed by atoms with Gasteiger partial charge in [-0.1, -0.05) is 25.0 Å². The van der Waals surface area contributed by atoms with Crippen LogP contribution in [0.2, 0.25) is 0 Å². The summed E-state index contributed by atoms with van der Waals surface area (Å²) in [5, 5.41) is 7.18. The van der Waals surface area contributed by atoms with Crippen LogP contribution >= 0.6 is 0 Å². The number of benzene rings is 1. The SMILES string of the molecule is CCOc1cc(CCC(=O)N[C@H]2[C@H]3CCCC[C@H]3[C@@H]2c2ccc(OC)cc2)on1. The highest BCUT2D eigenvalue weighted by atomic mass is 16.5. The van der Waals surface area contributed by atoms with Crippen LogP contribution in [0.15, 0.2) is 34.9 Å². The van der Waals surface area contributed by atoms with Gasteiger partial charge >= 0.3 is 0 Å². The van der Waals surface area contributed by atoms with E-state index in [0.717, 1.165) is 5.75 Å². The molecule has 1 amide bonds. The topological polar surface area (TPSA) is 73.6 Å². The molecule has 2 aromatic rings. The molecule has 2 saturated carbocycles. The number of aryl methyl sites for hydroxylation is 1. The van der Waals surface area contributed by atoms with Crippen LogP contribution in [0.5, 0.6) is 11.6 Å². The number of methoxy groups -OCH3 is 1. The number of hydrogen-bond acceptors (Lipinski definition) is 5. The maximum absolute atomic E-state index is 12.7. The second-order valence-electron chi connectivity index (χ2n) is 8.07. The van der Waals surface area contributed by atoms with E-state index in [2.05, 4.69) is 22.6 Å². The van der Waals surface area contributed by atoms with Crippen molar-refractivity contribution in [3.8, 4) is 11.6 Å². The summed E-state index contributed by atoms with van der Waals surface area (Å²) in [6.07, 6.45) is 5.95. The predicted octanol–water partition coefficient (Wildman–Crippen LogP) is 4.10. The Hall–Kier alpha value is -2.50. The number of nitrogens with zero attached hydrogens (tertiary/aromatic N) is 1. The van der Waals surface area contributed by atoms with Crippen molar-refractivity contribution >= 4 is 5.91 Å². The van der Waals surface area contributed by atoms with E-state index in [1.165, 1.54) is 31.2 Å². The summed E-state index contributed by atoms with van der Waals surface area (Å²) in [5.74, 6) is 3.76. The summed E-state index contributed by atoms with van der Waals surface area (Å²) in [7, 11) is 1.68. The van der Waals surface area contributed by atoms with Gasteiger partial charge in [-0.15, -0.1) is 0 Å². The van der Waals surface area contributed by atoms with Crippen molar-refractivity contribution in [2.75, 3.05) is 13.7 Å². The van der Waals surface area contributed by atoms with E-state index >= 15 is 0 Å². The van der Waals surface area contributed by atoms with Crippen molar-refractivity contribution in [1.82, 2.24) is 10.5 Å². The van der Waals surface area contributed by atoms with Crippen LogP contribution in [-0.4, -0.2) is 30.8 Å². The van der Waals surface area contributed by atoms with Gasteiger partial charge in [0.2, 0.25) is 5.91 Å². The van der Waals surface area contributed by atoms with E-state index < -0.39 is 0 Å². The Labute approximate surface area is 171 Å². The summed E-state index contributed by atoms with van der Waals surface area (Å²) in [6.45, 7) is 2.45. The average Bonchev–Trinajstić information content (AvgIpc) is 3.19. The third-order valence-electron chi connectivity index (χ3n) is 6.44. The second kappa shape index (κ2) is 8.89. The highest BCUT2D eigenvalue weighted by Gasteiger charge is 2.51. The molecule has 156 valence electrons. The van der Waals surface area contributed by atoms with Crippen molar-refractivity contribution in [3.05, 3.63) is 41.7 Å². The van der Waals surface area contributed by atoms with Gasteiger partial charge in [-0.2, -0.15) is 0 Å². The van der Waals surface area contributed by atoms with E-state index in [-0.39, 0.29) is 11.9 Å². The molecule has 29 heavy (non-hydrogen) atoms. The number of hydrogen-bond donors (Lipinski definition) is 1. The summed E-state index contributed by atoms with van der Waals surface area (Å²) in [6, 6.07) is 10.3. The van der Waals surface area contributed by atoms with Crippen LogP contribution in [0, 0.1) is 11.8 Å². The summed E-state index contributed by atoms with van der Waals surface area (Å²) in [4.78, 5) is 12.7. The zero-order chi connectivity index (χ0) is 20.2. The van der Waals surface area contributed by atoms with Crippen molar-refractivity contribution in [1.29, 1.82) is 0 Å². The number of fused-ring (bicyclic) bond motifs is 1. The minimum Gasteiger partial charge on any atom is -0.497 e. The zero-order valence-corrected chi connectivity index (χ0v) is 17.2. The molecule has 4 rings (SSSR count). The lowest BCUT2D eigenvalue weighted by Crippen LogP contribution is -2.59. The van der Waals surface area contributed by atoms with Gasteiger partial charge in [0.05, 0.1) is 13.7 Å². The van der Waals surface area contributed by atoms with Crippen LogP contribution in [0.4, 0.5) is 0 Å². The molecule has 2 aliphatic carbocycles. The Morgan fingerprint density at radius 2 is 1.97 bits per heavy atom. The Bertz CT molecular complexity index is 817. The van der Waals surface area contributed by atoms with Gasteiger partial charge in [0.25, 0.3) is 5.88 Å². The van der Waals surface area contributed by atoms with E-state index in [1.807, 2.05) is 19.1 Å². The Kier molecular flexibility index (Phi) is 6.07. The fourth-order valence-corrected chi connectivity index (χ4v) is 5.07. The van der Waals surface area contributed by atoms with Gasteiger partial charge in [-0.05, 0) is 54.5 Å². The monoisotopic (exact) mass is 398 g/mol. The highest BCUT2D eigenvalue weighted by Crippen LogP contribution is 2.54. The fourth-order valence-electron chi connectivity index (χ4n) is 5.07. The fraction of sp³-hybridized carbons (Fsp3) is 0.565. The number of carbonyl (C=O) groups excluding carboxylic acids is 1. The number of rotatable bonds is 8. The number of carbonyl (C=O) groups is 1. The van der Waals surface area contributed by atoms with Gasteiger partial charge in [0.15, 0.2) is 0 Å². The van der Waals surface area contributed by atoms with E-state index in [9.17, 15) is 4.79 Å². The lowest BCUT2D eigenvalue weighted by atomic mass is 9.53. The second-order valence-corrected chi connectivity index (χ2v) is 8.07. The molecule has 0 radical (unpaired) electrons. The zero-order valence-electron chi connectivity index (χ0n) is 17.2. The van der Waals surface area contributed by atoms with E-state index in [0.29, 0.717) is 48.8 Å². The van der Waals surface area contributed by atoms with Gasteiger partial charge < -0.3 is 19.3 Å². The Morgan fingerprint density at radius 1 is 1.21 bits per heavy atom. The Morgan fingerprint density at radius 3 is 2.69 bits per heavy atom. The normalized spacial score (nSPS) is 25.6. The number of ether oxygens (including phenoxy) is 2. The van der Waals surface area contributed by atoms with Gasteiger partial charge in [0.1, 0.15) is 11.5 Å². The molecule has 1 N–H and O–H groups in total. The molecule has 0 spiro atoms. The largest absolute Gasteiger partial charge is 0.497 e. The molecule has 6 nitrogen and oxygen atoms in total. The molecule has 0 bridgehead atoms. The summed E-state index contributed by atoms with van der Waals surface area (Å²) < 4.78 is 15.8.